The van der Waals surface area contributed by atoms with E-state index in [2.05, 4.69) is 12.2 Å². The normalized spacial score (nSPS) is 16.9. The van der Waals surface area contributed by atoms with Crippen LogP contribution in [-0.4, -0.2) is 18.7 Å². The molecule has 0 saturated heterocycles. The van der Waals surface area contributed by atoms with Crippen LogP contribution in [0.25, 0.3) is 0 Å². The molecule has 0 spiro atoms. The highest BCUT2D eigenvalue weighted by atomic mass is 19.1. The topological polar surface area (TPSA) is 21.3 Å². The van der Waals surface area contributed by atoms with E-state index < -0.39 is 0 Å². The lowest BCUT2D eigenvalue weighted by Crippen LogP contribution is -2.32. The van der Waals surface area contributed by atoms with Crippen LogP contribution in [0.3, 0.4) is 0 Å². The lowest BCUT2D eigenvalue weighted by atomic mass is 10.2. The smallest absolute Gasteiger partial charge is 0.129 e. The van der Waals surface area contributed by atoms with Crippen molar-refractivity contribution in [2.75, 3.05) is 6.54 Å². The number of halogens is 1. The van der Waals surface area contributed by atoms with Crippen molar-refractivity contribution in [3.05, 3.63) is 29.6 Å². The quantitative estimate of drug-likeness (QED) is 0.821. The summed E-state index contributed by atoms with van der Waals surface area (Å²) in [6.07, 6.45) is 3.60. The van der Waals surface area contributed by atoms with Crippen molar-refractivity contribution >= 4 is 0 Å². The van der Waals surface area contributed by atoms with Gasteiger partial charge in [-0.05, 0) is 37.8 Å². The van der Waals surface area contributed by atoms with Gasteiger partial charge in [0.1, 0.15) is 17.7 Å². The third-order valence-corrected chi connectivity index (χ3v) is 3.11. The van der Waals surface area contributed by atoms with E-state index in [1.54, 1.807) is 13.0 Å². The highest BCUT2D eigenvalue weighted by molar-refractivity contribution is 5.28. The molecule has 1 aromatic carbocycles. The maximum absolute atomic E-state index is 13.4. The summed E-state index contributed by atoms with van der Waals surface area (Å²) in [4.78, 5) is 0. The number of ether oxygens (including phenoxy) is 1. The summed E-state index contributed by atoms with van der Waals surface area (Å²) in [5.74, 6) is 0.421. The fraction of sp³-hybridized carbons (Fsp3) is 0.571. The van der Waals surface area contributed by atoms with Crippen LogP contribution in [0.15, 0.2) is 18.2 Å². The van der Waals surface area contributed by atoms with Gasteiger partial charge < -0.3 is 10.1 Å². The van der Waals surface area contributed by atoms with Crippen molar-refractivity contribution < 1.29 is 9.13 Å². The zero-order chi connectivity index (χ0) is 12.3. The van der Waals surface area contributed by atoms with Crippen LogP contribution in [0.1, 0.15) is 31.7 Å². The van der Waals surface area contributed by atoms with Gasteiger partial charge in [-0.3, -0.25) is 0 Å². The Morgan fingerprint density at radius 1 is 1.47 bits per heavy atom. The second-order valence-electron chi connectivity index (χ2n) is 4.74. The van der Waals surface area contributed by atoms with E-state index in [1.165, 1.54) is 18.9 Å². The molecule has 1 atom stereocenters. The molecule has 0 heterocycles. The number of benzene rings is 1. The summed E-state index contributed by atoms with van der Waals surface area (Å²) < 4.78 is 19.1. The Bertz CT molecular complexity index is 376. The number of aryl methyl sites for hydroxylation is 1. The van der Waals surface area contributed by atoms with Crippen molar-refractivity contribution in [3.8, 4) is 5.75 Å². The first kappa shape index (κ1) is 12.4. The SMILES string of the molecule is CCC(CNC1CC1)Oc1ccc(C)c(F)c1. The van der Waals surface area contributed by atoms with Gasteiger partial charge in [-0.25, -0.2) is 4.39 Å². The summed E-state index contributed by atoms with van der Waals surface area (Å²) in [5, 5.41) is 3.44. The summed E-state index contributed by atoms with van der Waals surface area (Å²) >= 11 is 0. The monoisotopic (exact) mass is 237 g/mol. The van der Waals surface area contributed by atoms with E-state index in [0.29, 0.717) is 17.4 Å². The molecule has 1 fully saturated rings. The minimum Gasteiger partial charge on any atom is -0.489 e. The molecule has 1 unspecified atom stereocenters. The zero-order valence-corrected chi connectivity index (χ0v) is 10.5. The molecule has 2 rings (SSSR count). The van der Waals surface area contributed by atoms with Crippen molar-refractivity contribution in [2.24, 2.45) is 0 Å². The van der Waals surface area contributed by atoms with Crippen LogP contribution in [0.2, 0.25) is 0 Å². The van der Waals surface area contributed by atoms with Gasteiger partial charge in [-0.1, -0.05) is 13.0 Å². The molecular formula is C14H20FNO. The fourth-order valence-corrected chi connectivity index (χ4v) is 1.69. The summed E-state index contributed by atoms with van der Waals surface area (Å²) in [6, 6.07) is 5.74. The first-order chi connectivity index (χ1) is 8.19. The van der Waals surface area contributed by atoms with Gasteiger partial charge in [0.25, 0.3) is 0 Å². The molecule has 0 bridgehead atoms. The van der Waals surface area contributed by atoms with E-state index in [4.69, 9.17) is 4.74 Å². The zero-order valence-electron chi connectivity index (χ0n) is 10.5. The van der Waals surface area contributed by atoms with Crippen LogP contribution in [-0.2, 0) is 0 Å². The van der Waals surface area contributed by atoms with Crippen molar-refractivity contribution in [2.45, 2.75) is 45.3 Å². The molecule has 0 radical (unpaired) electrons. The van der Waals surface area contributed by atoms with Gasteiger partial charge in [0.2, 0.25) is 0 Å². The van der Waals surface area contributed by atoms with Gasteiger partial charge >= 0.3 is 0 Å². The molecule has 2 nitrogen and oxygen atoms in total. The van der Waals surface area contributed by atoms with Crippen molar-refractivity contribution in [1.29, 1.82) is 0 Å². The van der Waals surface area contributed by atoms with Crippen LogP contribution in [0, 0.1) is 12.7 Å². The minimum atomic E-state index is -0.201. The van der Waals surface area contributed by atoms with Crippen molar-refractivity contribution in [3.63, 3.8) is 0 Å². The average molecular weight is 237 g/mol. The van der Waals surface area contributed by atoms with Crippen LogP contribution >= 0.6 is 0 Å². The maximum Gasteiger partial charge on any atom is 0.129 e. The first-order valence-corrected chi connectivity index (χ1v) is 6.35. The number of hydrogen-bond acceptors (Lipinski definition) is 2. The molecule has 0 amide bonds. The molecule has 0 aliphatic heterocycles. The standard InChI is InChI=1S/C14H20FNO/c1-3-12(9-16-11-5-6-11)17-13-7-4-10(2)14(15)8-13/h4,7-8,11-12,16H,3,5-6,9H2,1-2H3. The Labute approximate surface area is 102 Å². The fourth-order valence-electron chi connectivity index (χ4n) is 1.69. The number of nitrogens with one attached hydrogen (secondary N) is 1. The average Bonchev–Trinajstić information content (AvgIpc) is 3.13. The van der Waals surface area contributed by atoms with E-state index >= 15 is 0 Å². The Morgan fingerprint density at radius 2 is 2.24 bits per heavy atom. The lowest BCUT2D eigenvalue weighted by Gasteiger charge is -2.18. The summed E-state index contributed by atoms with van der Waals surface area (Å²) in [5.41, 5.74) is 0.654. The highest BCUT2D eigenvalue weighted by Gasteiger charge is 2.21. The Balaban J connectivity index is 1.89. The van der Waals surface area contributed by atoms with Gasteiger partial charge in [0.05, 0.1) is 0 Å². The Morgan fingerprint density at radius 3 is 2.82 bits per heavy atom. The largest absolute Gasteiger partial charge is 0.489 e. The highest BCUT2D eigenvalue weighted by Crippen LogP contribution is 2.20. The predicted octanol–water partition coefficient (Wildman–Crippen LogP) is 3.04. The molecule has 17 heavy (non-hydrogen) atoms. The van der Waals surface area contributed by atoms with Gasteiger partial charge in [-0.15, -0.1) is 0 Å². The van der Waals surface area contributed by atoms with Crippen molar-refractivity contribution in [1.82, 2.24) is 5.32 Å². The maximum atomic E-state index is 13.4. The lowest BCUT2D eigenvalue weighted by molar-refractivity contribution is 0.192. The van der Waals surface area contributed by atoms with E-state index in [1.807, 2.05) is 6.07 Å². The predicted molar refractivity (Wildman–Crippen MR) is 66.9 cm³/mol. The van der Waals surface area contributed by atoms with Gasteiger partial charge in [0, 0.05) is 18.7 Å². The molecule has 94 valence electrons. The van der Waals surface area contributed by atoms with Crippen LogP contribution < -0.4 is 10.1 Å². The second-order valence-corrected chi connectivity index (χ2v) is 4.74. The Hall–Kier alpha value is -1.09. The van der Waals surface area contributed by atoms with Gasteiger partial charge in [0.15, 0.2) is 0 Å². The summed E-state index contributed by atoms with van der Waals surface area (Å²) in [6.45, 7) is 4.69. The first-order valence-electron chi connectivity index (χ1n) is 6.35. The minimum absolute atomic E-state index is 0.123. The molecule has 1 saturated carbocycles. The van der Waals surface area contributed by atoms with Gasteiger partial charge in [-0.2, -0.15) is 0 Å². The summed E-state index contributed by atoms with van der Waals surface area (Å²) in [7, 11) is 0. The molecule has 1 aliphatic rings. The molecule has 1 N–H and O–H groups in total. The molecular weight excluding hydrogens is 217 g/mol. The molecule has 0 aromatic heterocycles. The van der Waals surface area contributed by atoms with Crippen LogP contribution in [0.5, 0.6) is 5.75 Å². The van der Waals surface area contributed by atoms with E-state index in [-0.39, 0.29) is 11.9 Å². The van der Waals surface area contributed by atoms with Crippen LogP contribution in [0.4, 0.5) is 4.39 Å². The number of rotatable bonds is 6. The molecule has 1 aliphatic carbocycles. The third kappa shape index (κ3) is 3.70. The number of hydrogen-bond donors (Lipinski definition) is 1. The molecule has 1 aromatic rings. The second kappa shape index (κ2) is 5.50. The van der Waals surface area contributed by atoms with E-state index in [9.17, 15) is 4.39 Å². The van der Waals surface area contributed by atoms with E-state index in [0.717, 1.165) is 13.0 Å². The third-order valence-electron chi connectivity index (χ3n) is 3.11. The Kier molecular flexibility index (Phi) is 4.00. The molecule has 3 heteroatoms.